The standard InChI is InChI=1S/C20H28O7/c1-13(2)17(21)22-12-20-16(26-19(27-20)9-5-6-10-19)15-14(24-20)11-23-18(25-15)7-3-4-8-18/h14-16H,1,3-12H2,2H3/t14-,15-,16+,20+/m1/s1. The molecular weight excluding hydrogens is 352 g/mol. The molecule has 0 bridgehead atoms. The number of fused-ring (bicyclic) bond motifs is 3. The highest BCUT2D eigenvalue weighted by atomic mass is 16.9. The van der Waals surface area contributed by atoms with Crippen LogP contribution in [0.15, 0.2) is 12.2 Å². The lowest BCUT2D eigenvalue weighted by Gasteiger charge is -2.41. The molecule has 0 unspecified atom stereocenters. The van der Waals surface area contributed by atoms with Crippen LogP contribution in [0.3, 0.4) is 0 Å². The predicted molar refractivity (Wildman–Crippen MR) is 92.6 cm³/mol. The number of carbonyl (C=O) groups excluding carboxylic acids is 1. The van der Waals surface area contributed by atoms with Gasteiger partial charge in [0.25, 0.3) is 0 Å². The SMILES string of the molecule is C=C(C)C(=O)OC[C@@]12O[C@@H]3COC4(CCCC4)O[C@H]3[C@@H]1OC1(CCCC1)O2. The maximum absolute atomic E-state index is 12.0. The zero-order valence-electron chi connectivity index (χ0n) is 15.9. The molecule has 2 aliphatic carbocycles. The van der Waals surface area contributed by atoms with Crippen molar-refractivity contribution in [3.05, 3.63) is 12.2 Å². The fourth-order valence-corrected chi connectivity index (χ4v) is 5.17. The van der Waals surface area contributed by atoms with E-state index < -0.39 is 29.4 Å². The maximum atomic E-state index is 12.0. The van der Waals surface area contributed by atoms with Crippen LogP contribution in [-0.4, -0.2) is 54.9 Å². The molecule has 3 saturated heterocycles. The second-order valence-electron chi connectivity index (χ2n) is 8.59. The van der Waals surface area contributed by atoms with Crippen LogP contribution in [0.25, 0.3) is 0 Å². The first-order valence-electron chi connectivity index (χ1n) is 10.2. The van der Waals surface area contributed by atoms with E-state index in [9.17, 15) is 4.79 Å². The normalized spacial score (nSPS) is 41.0. The maximum Gasteiger partial charge on any atom is 0.333 e. The molecule has 2 spiro atoms. The van der Waals surface area contributed by atoms with E-state index in [1.165, 1.54) is 0 Å². The van der Waals surface area contributed by atoms with E-state index in [1.807, 2.05) is 0 Å². The van der Waals surface area contributed by atoms with Crippen LogP contribution in [0.2, 0.25) is 0 Å². The lowest BCUT2D eigenvalue weighted by molar-refractivity contribution is -0.342. The fourth-order valence-electron chi connectivity index (χ4n) is 5.17. The molecule has 3 heterocycles. The van der Waals surface area contributed by atoms with Crippen molar-refractivity contribution in [2.24, 2.45) is 0 Å². The Labute approximate surface area is 159 Å². The van der Waals surface area contributed by atoms with Crippen molar-refractivity contribution < 1.29 is 33.2 Å². The quantitative estimate of drug-likeness (QED) is 0.550. The van der Waals surface area contributed by atoms with Gasteiger partial charge in [-0.05, 0) is 32.6 Å². The molecular formula is C20H28O7. The molecule has 150 valence electrons. The Hall–Kier alpha value is -0.990. The van der Waals surface area contributed by atoms with Gasteiger partial charge < -0.3 is 28.4 Å². The lowest BCUT2D eigenvalue weighted by atomic mass is 10.0. The third-order valence-corrected chi connectivity index (χ3v) is 6.49. The van der Waals surface area contributed by atoms with Gasteiger partial charge >= 0.3 is 5.97 Å². The summed E-state index contributed by atoms with van der Waals surface area (Å²) >= 11 is 0. The van der Waals surface area contributed by atoms with Gasteiger partial charge in [-0.25, -0.2) is 4.79 Å². The summed E-state index contributed by atoms with van der Waals surface area (Å²) in [7, 11) is 0. The monoisotopic (exact) mass is 380 g/mol. The number of hydrogen-bond acceptors (Lipinski definition) is 7. The summed E-state index contributed by atoms with van der Waals surface area (Å²) < 4.78 is 37.1. The van der Waals surface area contributed by atoms with E-state index in [2.05, 4.69) is 6.58 Å². The summed E-state index contributed by atoms with van der Waals surface area (Å²) in [6.45, 7) is 5.67. The highest BCUT2D eigenvalue weighted by Gasteiger charge is 2.70. The molecule has 0 amide bonds. The highest BCUT2D eigenvalue weighted by molar-refractivity contribution is 5.86. The predicted octanol–water partition coefficient (Wildman–Crippen LogP) is 2.57. The van der Waals surface area contributed by atoms with Gasteiger partial charge in [-0.3, -0.25) is 0 Å². The van der Waals surface area contributed by atoms with Crippen molar-refractivity contribution in [2.75, 3.05) is 13.2 Å². The van der Waals surface area contributed by atoms with Crippen LogP contribution in [0, 0.1) is 0 Å². The largest absolute Gasteiger partial charge is 0.456 e. The van der Waals surface area contributed by atoms with Crippen LogP contribution in [0.4, 0.5) is 0 Å². The summed E-state index contributed by atoms with van der Waals surface area (Å²) in [5.41, 5.74) is 0.345. The lowest BCUT2D eigenvalue weighted by Crippen LogP contribution is -2.53. The first-order valence-corrected chi connectivity index (χ1v) is 10.2. The van der Waals surface area contributed by atoms with E-state index in [4.69, 9.17) is 28.4 Å². The van der Waals surface area contributed by atoms with E-state index in [-0.39, 0.29) is 18.8 Å². The minimum Gasteiger partial charge on any atom is -0.456 e. The molecule has 0 aromatic rings. The van der Waals surface area contributed by atoms with Gasteiger partial charge in [0.2, 0.25) is 5.79 Å². The van der Waals surface area contributed by atoms with Crippen LogP contribution in [0.1, 0.15) is 58.3 Å². The molecule has 7 nitrogen and oxygen atoms in total. The summed E-state index contributed by atoms with van der Waals surface area (Å²) in [6, 6.07) is 0. The molecule has 0 radical (unpaired) electrons. The molecule has 5 fully saturated rings. The first-order chi connectivity index (χ1) is 13.0. The minimum atomic E-state index is -1.14. The van der Waals surface area contributed by atoms with Gasteiger partial charge in [-0.15, -0.1) is 0 Å². The van der Waals surface area contributed by atoms with Crippen molar-refractivity contribution in [1.82, 2.24) is 0 Å². The summed E-state index contributed by atoms with van der Waals surface area (Å²) in [6.07, 6.45) is 6.75. The van der Waals surface area contributed by atoms with E-state index in [0.29, 0.717) is 12.2 Å². The first kappa shape index (κ1) is 18.1. The molecule has 5 aliphatic rings. The number of hydrogen-bond donors (Lipinski definition) is 0. The third kappa shape index (κ3) is 2.86. The Bertz CT molecular complexity index is 634. The molecule has 0 aromatic heterocycles. The molecule has 5 rings (SSSR count). The van der Waals surface area contributed by atoms with Gasteiger partial charge in [-0.2, -0.15) is 0 Å². The number of esters is 1. The zero-order chi connectivity index (χ0) is 18.7. The Balaban J connectivity index is 1.40. The summed E-state index contributed by atoms with van der Waals surface area (Å²) in [5, 5.41) is 0. The molecule has 7 heteroatoms. The van der Waals surface area contributed by atoms with Crippen molar-refractivity contribution in [1.29, 1.82) is 0 Å². The topological polar surface area (TPSA) is 72.5 Å². The minimum absolute atomic E-state index is 0.0333. The molecule has 0 aromatic carbocycles. The summed E-state index contributed by atoms with van der Waals surface area (Å²) in [4.78, 5) is 12.0. The highest BCUT2D eigenvalue weighted by Crippen LogP contribution is 2.54. The number of ether oxygens (including phenoxy) is 6. The fraction of sp³-hybridized carbons (Fsp3) is 0.850. The molecule has 0 N–H and O–H groups in total. The van der Waals surface area contributed by atoms with Crippen LogP contribution in [0.5, 0.6) is 0 Å². The van der Waals surface area contributed by atoms with Crippen LogP contribution >= 0.6 is 0 Å². The average molecular weight is 380 g/mol. The summed E-state index contributed by atoms with van der Waals surface area (Å²) in [5.74, 6) is -2.78. The van der Waals surface area contributed by atoms with Gasteiger partial charge in [-0.1, -0.05) is 6.58 Å². The Morgan fingerprint density at radius 2 is 1.70 bits per heavy atom. The van der Waals surface area contributed by atoms with Gasteiger partial charge in [0.1, 0.15) is 24.9 Å². The van der Waals surface area contributed by atoms with Gasteiger partial charge in [0.15, 0.2) is 11.6 Å². The third-order valence-electron chi connectivity index (χ3n) is 6.49. The zero-order valence-corrected chi connectivity index (χ0v) is 15.9. The van der Waals surface area contributed by atoms with Crippen molar-refractivity contribution in [3.63, 3.8) is 0 Å². The Morgan fingerprint density at radius 1 is 1.04 bits per heavy atom. The smallest absolute Gasteiger partial charge is 0.333 e. The van der Waals surface area contributed by atoms with Crippen molar-refractivity contribution in [2.45, 2.75) is 94.0 Å². The number of carbonyl (C=O) groups is 1. The van der Waals surface area contributed by atoms with E-state index >= 15 is 0 Å². The second kappa shape index (κ2) is 6.26. The van der Waals surface area contributed by atoms with Crippen molar-refractivity contribution in [3.8, 4) is 0 Å². The van der Waals surface area contributed by atoms with Gasteiger partial charge in [0.05, 0.1) is 6.61 Å². The Kier molecular flexibility index (Phi) is 4.19. The van der Waals surface area contributed by atoms with Crippen LogP contribution < -0.4 is 0 Å². The van der Waals surface area contributed by atoms with Gasteiger partial charge in [0, 0.05) is 31.3 Å². The molecule has 27 heavy (non-hydrogen) atoms. The second-order valence-corrected chi connectivity index (χ2v) is 8.59. The number of rotatable bonds is 3. The average Bonchev–Trinajstić information content (AvgIpc) is 3.39. The molecule has 2 saturated carbocycles. The molecule has 4 atom stereocenters. The van der Waals surface area contributed by atoms with Crippen LogP contribution in [-0.2, 0) is 33.2 Å². The molecule has 3 aliphatic heterocycles. The van der Waals surface area contributed by atoms with Crippen molar-refractivity contribution >= 4 is 5.97 Å². The van der Waals surface area contributed by atoms with E-state index in [0.717, 1.165) is 51.4 Å². The Morgan fingerprint density at radius 3 is 2.37 bits per heavy atom. The van der Waals surface area contributed by atoms with E-state index in [1.54, 1.807) is 6.92 Å².